The van der Waals surface area contributed by atoms with Gasteiger partial charge < -0.3 is 26.0 Å². The summed E-state index contributed by atoms with van der Waals surface area (Å²) in [4.78, 5) is 20.4. The molecule has 0 unspecified atom stereocenters. The number of aromatic hydroxyl groups is 1. The average molecular weight is 524 g/mol. The van der Waals surface area contributed by atoms with Crippen molar-refractivity contribution >= 4 is 50.0 Å². The normalized spacial score (nSPS) is 11.3. The summed E-state index contributed by atoms with van der Waals surface area (Å²) < 4.78 is 29.0. The lowest BCUT2D eigenvalue weighted by atomic mass is 10.1. The number of fused-ring (bicyclic) bond motifs is 1. The maximum absolute atomic E-state index is 13.3. The van der Waals surface area contributed by atoms with Crippen LogP contribution in [0.3, 0.4) is 0 Å². The summed E-state index contributed by atoms with van der Waals surface area (Å²) >= 11 is 0. The van der Waals surface area contributed by atoms with E-state index < -0.39 is 22.5 Å². The predicted molar refractivity (Wildman–Crippen MR) is 139 cm³/mol. The standard InChI is InChI=1S/C25H25N5O6S/c31-12-4-5-16-10-11-18(33)14-22(16)29-24-25(28-21-9-2-1-8-20(21)27-24)30-37(35,36)19-7-3-6-17(13-19)26-23(34)15-32/h1-3,6-11,13-14,31-33H,4-5,12,15H2,(H,26,34)(H,27,29)(H,28,30). The van der Waals surface area contributed by atoms with Crippen molar-refractivity contribution in [1.82, 2.24) is 9.97 Å². The Balaban J connectivity index is 1.74. The molecule has 0 aliphatic rings. The van der Waals surface area contributed by atoms with Gasteiger partial charge in [0.15, 0.2) is 11.6 Å². The molecule has 12 heteroatoms. The van der Waals surface area contributed by atoms with E-state index in [2.05, 4.69) is 25.3 Å². The largest absolute Gasteiger partial charge is 0.508 e. The van der Waals surface area contributed by atoms with Gasteiger partial charge in [-0.1, -0.05) is 24.3 Å². The molecule has 1 heterocycles. The molecule has 0 bridgehead atoms. The van der Waals surface area contributed by atoms with E-state index in [0.29, 0.717) is 29.6 Å². The number of hydrogen-bond donors (Lipinski definition) is 6. The smallest absolute Gasteiger partial charge is 0.263 e. The molecule has 11 nitrogen and oxygen atoms in total. The summed E-state index contributed by atoms with van der Waals surface area (Å²) in [6, 6.07) is 17.2. The first-order valence-electron chi connectivity index (χ1n) is 11.3. The van der Waals surface area contributed by atoms with E-state index in [4.69, 9.17) is 5.11 Å². The van der Waals surface area contributed by atoms with Gasteiger partial charge in [-0.2, -0.15) is 0 Å². The summed E-state index contributed by atoms with van der Waals surface area (Å²) in [6.45, 7) is -0.759. The van der Waals surface area contributed by atoms with Crippen LogP contribution in [-0.4, -0.2) is 52.8 Å². The highest BCUT2D eigenvalue weighted by Gasteiger charge is 2.20. The summed E-state index contributed by atoms with van der Waals surface area (Å²) in [5, 5.41) is 33.7. The van der Waals surface area contributed by atoms with Crippen molar-refractivity contribution in [3.05, 3.63) is 72.3 Å². The lowest BCUT2D eigenvalue weighted by Gasteiger charge is -2.16. The zero-order chi connectivity index (χ0) is 26.4. The molecular formula is C25H25N5O6S. The Labute approximate surface area is 212 Å². The predicted octanol–water partition coefficient (Wildman–Crippen LogP) is 2.74. The molecule has 0 saturated heterocycles. The quantitative estimate of drug-likeness (QED) is 0.183. The molecule has 0 spiro atoms. The van der Waals surface area contributed by atoms with Gasteiger partial charge in [-0.25, -0.2) is 18.4 Å². The summed E-state index contributed by atoms with van der Waals surface area (Å²) in [5.74, 6) is -0.673. The fraction of sp³-hybridized carbons (Fsp3) is 0.160. The molecule has 6 N–H and O–H groups in total. The molecule has 0 fully saturated rings. The van der Waals surface area contributed by atoms with Gasteiger partial charge in [0.2, 0.25) is 5.91 Å². The summed E-state index contributed by atoms with van der Waals surface area (Å²) in [6.07, 6.45) is 0.999. The maximum Gasteiger partial charge on any atom is 0.263 e. The van der Waals surface area contributed by atoms with Gasteiger partial charge in [-0.05, 0) is 54.8 Å². The number of benzene rings is 3. The van der Waals surface area contributed by atoms with Crippen molar-refractivity contribution in [2.24, 2.45) is 0 Å². The van der Waals surface area contributed by atoms with E-state index in [9.17, 15) is 23.4 Å². The van der Waals surface area contributed by atoms with Crippen molar-refractivity contribution in [2.45, 2.75) is 17.7 Å². The van der Waals surface area contributed by atoms with Crippen LogP contribution in [0.15, 0.2) is 71.6 Å². The third-order valence-electron chi connectivity index (χ3n) is 5.32. The SMILES string of the molecule is O=C(CO)Nc1cccc(S(=O)(=O)Nc2nc3ccccc3nc2Nc2cc(O)ccc2CCCO)c1. The van der Waals surface area contributed by atoms with Gasteiger partial charge in [0.05, 0.1) is 15.9 Å². The zero-order valence-electron chi connectivity index (χ0n) is 19.5. The number of phenolic OH excluding ortho intramolecular Hbond substituents is 1. The fourth-order valence-corrected chi connectivity index (χ4v) is 4.64. The first kappa shape index (κ1) is 25.8. The molecule has 4 rings (SSSR count). The van der Waals surface area contributed by atoms with Crippen LogP contribution in [0.2, 0.25) is 0 Å². The average Bonchev–Trinajstić information content (AvgIpc) is 2.88. The third kappa shape index (κ3) is 6.30. The Bertz CT molecular complexity index is 1540. The van der Waals surface area contributed by atoms with Gasteiger partial charge in [0.1, 0.15) is 12.4 Å². The molecule has 0 saturated carbocycles. The number of carbonyl (C=O) groups is 1. The zero-order valence-corrected chi connectivity index (χ0v) is 20.4. The number of nitrogens with one attached hydrogen (secondary N) is 3. The minimum Gasteiger partial charge on any atom is -0.508 e. The van der Waals surface area contributed by atoms with E-state index >= 15 is 0 Å². The molecule has 0 atom stereocenters. The lowest BCUT2D eigenvalue weighted by molar-refractivity contribution is -0.118. The van der Waals surface area contributed by atoms with E-state index in [1.54, 1.807) is 30.3 Å². The topological polar surface area (TPSA) is 174 Å². The van der Waals surface area contributed by atoms with Gasteiger partial charge in [-0.3, -0.25) is 9.52 Å². The first-order valence-corrected chi connectivity index (χ1v) is 12.8. The molecule has 37 heavy (non-hydrogen) atoms. The van der Waals surface area contributed by atoms with Crippen LogP contribution in [-0.2, 0) is 21.2 Å². The Morgan fingerprint density at radius 1 is 0.892 bits per heavy atom. The third-order valence-corrected chi connectivity index (χ3v) is 6.66. The lowest BCUT2D eigenvalue weighted by Crippen LogP contribution is -2.18. The molecule has 0 aliphatic heterocycles. The maximum atomic E-state index is 13.3. The molecule has 1 amide bonds. The monoisotopic (exact) mass is 523 g/mol. The number of anilines is 4. The number of hydrogen-bond acceptors (Lipinski definition) is 9. The van der Waals surface area contributed by atoms with Crippen molar-refractivity contribution in [3.8, 4) is 5.75 Å². The van der Waals surface area contributed by atoms with Crippen LogP contribution in [0.5, 0.6) is 5.75 Å². The Morgan fingerprint density at radius 3 is 2.32 bits per heavy atom. The molecule has 3 aromatic carbocycles. The van der Waals surface area contributed by atoms with Crippen molar-refractivity contribution < 1.29 is 28.5 Å². The number of aliphatic hydroxyl groups is 2. The number of amides is 1. The van der Waals surface area contributed by atoms with E-state index in [1.165, 1.54) is 36.4 Å². The fourth-order valence-electron chi connectivity index (χ4n) is 3.58. The number of carbonyl (C=O) groups excluding carboxylic acids is 1. The Hall–Kier alpha value is -4.26. The number of aliphatic hydroxyl groups excluding tert-OH is 2. The molecule has 1 aromatic heterocycles. The molecular weight excluding hydrogens is 498 g/mol. The number of rotatable bonds is 10. The van der Waals surface area contributed by atoms with Crippen LogP contribution in [0.4, 0.5) is 23.0 Å². The van der Waals surface area contributed by atoms with Gasteiger partial charge >= 0.3 is 0 Å². The van der Waals surface area contributed by atoms with E-state index in [0.717, 1.165) is 5.56 Å². The number of sulfonamides is 1. The second-order valence-electron chi connectivity index (χ2n) is 8.04. The highest BCUT2D eigenvalue weighted by Crippen LogP contribution is 2.31. The Kier molecular flexibility index (Phi) is 7.82. The minimum absolute atomic E-state index is 0.00660. The number of aromatic nitrogens is 2. The van der Waals surface area contributed by atoms with Crippen molar-refractivity contribution in [1.29, 1.82) is 0 Å². The summed E-state index contributed by atoms with van der Waals surface area (Å²) in [7, 11) is -4.18. The number of nitrogens with zero attached hydrogens (tertiary/aromatic N) is 2. The second kappa shape index (κ2) is 11.2. The van der Waals surface area contributed by atoms with Crippen LogP contribution in [0.25, 0.3) is 11.0 Å². The van der Waals surface area contributed by atoms with Crippen molar-refractivity contribution in [2.75, 3.05) is 28.6 Å². The second-order valence-corrected chi connectivity index (χ2v) is 9.73. The molecule has 0 radical (unpaired) electrons. The van der Waals surface area contributed by atoms with Crippen LogP contribution in [0.1, 0.15) is 12.0 Å². The van der Waals surface area contributed by atoms with Crippen LogP contribution >= 0.6 is 0 Å². The van der Waals surface area contributed by atoms with Crippen LogP contribution in [0, 0.1) is 0 Å². The summed E-state index contributed by atoms with van der Waals surface area (Å²) in [5.41, 5.74) is 2.41. The molecule has 4 aromatic rings. The highest BCUT2D eigenvalue weighted by atomic mass is 32.2. The minimum atomic E-state index is -4.18. The molecule has 0 aliphatic carbocycles. The van der Waals surface area contributed by atoms with Crippen molar-refractivity contribution in [3.63, 3.8) is 0 Å². The van der Waals surface area contributed by atoms with Crippen LogP contribution < -0.4 is 15.4 Å². The van der Waals surface area contributed by atoms with Gasteiger partial charge in [-0.15, -0.1) is 0 Å². The molecule has 192 valence electrons. The number of para-hydroxylation sites is 2. The van der Waals surface area contributed by atoms with Gasteiger partial charge in [0, 0.05) is 24.0 Å². The number of aryl methyl sites for hydroxylation is 1. The first-order chi connectivity index (χ1) is 17.8. The van der Waals surface area contributed by atoms with E-state index in [1.807, 2.05) is 0 Å². The number of phenols is 1. The highest BCUT2D eigenvalue weighted by molar-refractivity contribution is 7.92. The van der Waals surface area contributed by atoms with Gasteiger partial charge in [0.25, 0.3) is 10.0 Å². The Morgan fingerprint density at radius 2 is 1.62 bits per heavy atom. The van der Waals surface area contributed by atoms with E-state index in [-0.39, 0.29) is 34.6 Å².